The van der Waals surface area contributed by atoms with Gasteiger partial charge in [0.05, 0.1) is 5.56 Å². The minimum atomic E-state index is 0.111. The molecule has 0 atom stereocenters. The number of nitrogens with zero attached hydrogens (tertiary/aromatic N) is 3. The Hall–Kier alpha value is -1.78. The van der Waals surface area contributed by atoms with E-state index in [0.29, 0.717) is 11.6 Å². The maximum absolute atomic E-state index is 8.84. The molecule has 0 bridgehead atoms. The standard InChI is InChI=1S/C13H20N4O/c1-9(2)17(8-10-5-6-10)13-11(12(14)16-18)4-3-7-15-13/h3-4,7,9-10,18H,5-6,8H2,1-2H3,(H2,14,16). The van der Waals surface area contributed by atoms with Crippen LogP contribution in [0.1, 0.15) is 32.3 Å². The van der Waals surface area contributed by atoms with Crippen molar-refractivity contribution < 1.29 is 5.21 Å². The Morgan fingerprint density at radius 2 is 2.33 bits per heavy atom. The number of pyridine rings is 1. The van der Waals surface area contributed by atoms with Crippen molar-refractivity contribution in [3.8, 4) is 0 Å². The summed E-state index contributed by atoms with van der Waals surface area (Å²) in [6, 6.07) is 3.97. The van der Waals surface area contributed by atoms with E-state index in [2.05, 4.69) is 28.9 Å². The van der Waals surface area contributed by atoms with Crippen LogP contribution in [0.2, 0.25) is 0 Å². The van der Waals surface area contributed by atoms with Gasteiger partial charge >= 0.3 is 0 Å². The summed E-state index contributed by atoms with van der Waals surface area (Å²) in [7, 11) is 0. The molecule has 3 N–H and O–H groups in total. The molecule has 5 heteroatoms. The van der Waals surface area contributed by atoms with E-state index in [1.165, 1.54) is 12.8 Å². The van der Waals surface area contributed by atoms with E-state index in [1.807, 2.05) is 6.07 Å². The normalized spacial score (nSPS) is 16.1. The predicted molar refractivity (Wildman–Crippen MR) is 72.0 cm³/mol. The minimum Gasteiger partial charge on any atom is -0.409 e. The van der Waals surface area contributed by atoms with Crippen LogP contribution in [0, 0.1) is 5.92 Å². The van der Waals surface area contributed by atoms with Gasteiger partial charge in [0.25, 0.3) is 0 Å². The second-order valence-electron chi connectivity index (χ2n) is 5.05. The molecule has 1 fully saturated rings. The topological polar surface area (TPSA) is 74.7 Å². The molecule has 0 spiro atoms. The van der Waals surface area contributed by atoms with Crippen molar-refractivity contribution in [2.75, 3.05) is 11.4 Å². The molecule has 2 rings (SSSR count). The molecular weight excluding hydrogens is 228 g/mol. The van der Waals surface area contributed by atoms with Gasteiger partial charge in [0.2, 0.25) is 0 Å². The van der Waals surface area contributed by atoms with Crippen molar-refractivity contribution in [1.29, 1.82) is 0 Å². The SMILES string of the molecule is CC(C)N(CC1CC1)c1ncccc1/C(N)=N/O. The average Bonchev–Trinajstić information content (AvgIpc) is 3.18. The molecule has 0 aliphatic heterocycles. The third kappa shape index (κ3) is 2.72. The van der Waals surface area contributed by atoms with Crippen molar-refractivity contribution in [3.05, 3.63) is 23.9 Å². The van der Waals surface area contributed by atoms with E-state index < -0.39 is 0 Å². The van der Waals surface area contributed by atoms with Crippen LogP contribution >= 0.6 is 0 Å². The maximum Gasteiger partial charge on any atom is 0.173 e. The fourth-order valence-electron chi connectivity index (χ4n) is 2.00. The van der Waals surface area contributed by atoms with E-state index in [9.17, 15) is 0 Å². The van der Waals surface area contributed by atoms with Crippen molar-refractivity contribution in [2.45, 2.75) is 32.7 Å². The second-order valence-corrected chi connectivity index (χ2v) is 5.05. The highest BCUT2D eigenvalue weighted by Crippen LogP contribution is 2.32. The van der Waals surface area contributed by atoms with Crippen LogP contribution in [0.5, 0.6) is 0 Å². The van der Waals surface area contributed by atoms with Gasteiger partial charge in [0, 0.05) is 18.8 Å². The first-order chi connectivity index (χ1) is 8.63. The molecule has 1 aliphatic rings. The molecule has 0 amide bonds. The summed E-state index contributed by atoms with van der Waals surface area (Å²) in [5.74, 6) is 1.67. The second kappa shape index (κ2) is 5.25. The summed E-state index contributed by atoms with van der Waals surface area (Å²) in [4.78, 5) is 6.63. The molecule has 1 heterocycles. The highest BCUT2D eigenvalue weighted by atomic mass is 16.4. The van der Waals surface area contributed by atoms with E-state index in [-0.39, 0.29) is 5.84 Å². The average molecular weight is 248 g/mol. The molecule has 0 saturated heterocycles. The minimum absolute atomic E-state index is 0.111. The van der Waals surface area contributed by atoms with E-state index in [1.54, 1.807) is 12.3 Å². The molecule has 1 saturated carbocycles. The van der Waals surface area contributed by atoms with Gasteiger partial charge in [0.1, 0.15) is 5.82 Å². The number of oxime groups is 1. The van der Waals surface area contributed by atoms with Gasteiger partial charge in [-0.2, -0.15) is 0 Å². The number of anilines is 1. The quantitative estimate of drug-likeness (QED) is 0.360. The molecule has 1 aliphatic carbocycles. The van der Waals surface area contributed by atoms with Crippen LogP contribution in [-0.2, 0) is 0 Å². The fraction of sp³-hybridized carbons (Fsp3) is 0.538. The summed E-state index contributed by atoms with van der Waals surface area (Å²) >= 11 is 0. The third-order valence-corrected chi connectivity index (χ3v) is 3.22. The molecule has 1 aromatic rings. The van der Waals surface area contributed by atoms with Crippen molar-refractivity contribution in [2.24, 2.45) is 16.8 Å². The van der Waals surface area contributed by atoms with Gasteiger partial charge in [0.15, 0.2) is 5.84 Å². The van der Waals surface area contributed by atoms with Crippen molar-refractivity contribution >= 4 is 11.7 Å². The van der Waals surface area contributed by atoms with Crippen molar-refractivity contribution in [3.63, 3.8) is 0 Å². The Morgan fingerprint density at radius 1 is 1.61 bits per heavy atom. The van der Waals surface area contributed by atoms with Gasteiger partial charge in [-0.3, -0.25) is 0 Å². The zero-order chi connectivity index (χ0) is 13.1. The lowest BCUT2D eigenvalue weighted by Crippen LogP contribution is -2.35. The first kappa shape index (κ1) is 12.7. The largest absolute Gasteiger partial charge is 0.409 e. The molecule has 18 heavy (non-hydrogen) atoms. The molecule has 98 valence electrons. The lowest BCUT2D eigenvalue weighted by Gasteiger charge is -2.29. The van der Waals surface area contributed by atoms with Gasteiger partial charge in [-0.1, -0.05) is 5.16 Å². The maximum atomic E-state index is 8.84. The number of nitrogens with two attached hydrogens (primary N) is 1. The van der Waals surface area contributed by atoms with Gasteiger partial charge in [-0.15, -0.1) is 0 Å². The van der Waals surface area contributed by atoms with Crippen LogP contribution in [-0.4, -0.2) is 28.6 Å². The van der Waals surface area contributed by atoms with Crippen LogP contribution in [0.4, 0.5) is 5.82 Å². The predicted octanol–water partition coefficient (Wildman–Crippen LogP) is 1.80. The number of aromatic nitrogens is 1. The Balaban J connectivity index is 2.33. The Morgan fingerprint density at radius 3 is 2.89 bits per heavy atom. The number of hydrogen-bond donors (Lipinski definition) is 2. The van der Waals surface area contributed by atoms with Crippen LogP contribution in [0.3, 0.4) is 0 Å². The van der Waals surface area contributed by atoms with Gasteiger partial charge < -0.3 is 15.8 Å². The Labute approximate surface area is 107 Å². The van der Waals surface area contributed by atoms with E-state index >= 15 is 0 Å². The highest BCUT2D eigenvalue weighted by molar-refractivity contribution is 6.01. The number of hydrogen-bond acceptors (Lipinski definition) is 4. The molecule has 1 aromatic heterocycles. The summed E-state index contributed by atoms with van der Waals surface area (Å²) < 4.78 is 0. The summed E-state index contributed by atoms with van der Waals surface area (Å²) in [5, 5.41) is 11.9. The van der Waals surface area contributed by atoms with Crippen LogP contribution < -0.4 is 10.6 Å². The molecular formula is C13H20N4O. The first-order valence-corrected chi connectivity index (χ1v) is 6.33. The zero-order valence-corrected chi connectivity index (χ0v) is 10.9. The van der Waals surface area contributed by atoms with Gasteiger partial charge in [-0.05, 0) is 44.7 Å². The van der Waals surface area contributed by atoms with E-state index in [4.69, 9.17) is 10.9 Å². The zero-order valence-electron chi connectivity index (χ0n) is 10.9. The molecule has 5 nitrogen and oxygen atoms in total. The number of rotatable bonds is 5. The van der Waals surface area contributed by atoms with Gasteiger partial charge in [-0.25, -0.2) is 4.98 Å². The lowest BCUT2D eigenvalue weighted by molar-refractivity contribution is 0.318. The third-order valence-electron chi connectivity index (χ3n) is 3.22. The monoisotopic (exact) mass is 248 g/mol. The Kier molecular flexibility index (Phi) is 3.69. The van der Waals surface area contributed by atoms with E-state index in [0.717, 1.165) is 18.3 Å². The Bertz CT molecular complexity index is 440. The molecule has 0 radical (unpaired) electrons. The first-order valence-electron chi connectivity index (χ1n) is 6.33. The smallest absolute Gasteiger partial charge is 0.173 e. The summed E-state index contributed by atoms with van der Waals surface area (Å²) in [6.07, 6.45) is 4.32. The summed E-state index contributed by atoms with van der Waals surface area (Å²) in [6.45, 7) is 5.25. The molecule has 0 unspecified atom stereocenters. The lowest BCUT2D eigenvalue weighted by atomic mass is 10.2. The van der Waals surface area contributed by atoms with Crippen LogP contribution in [0.25, 0.3) is 0 Å². The molecule has 0 aromatic carbocycles. The fourth-order valence-corrected chi connectivity index (χ4v) is 2.00. The summed E-state index contributed by atoms with van der Waals surface area (Å²) in [5.41, 5.74) is 6.40. The van der Waals surface area contributed by atoms with Crippen molar-refractivity contribution in [1.82, 2.24) is 4.98 Å². The highest BCUT2D eigenvalue weighted by Gasteiger charge is 2.27. The number of amidine groups is 1. The van der Waals surface area contributed by atoms with Crippen LogP contribution in [0.15, 0.2) is 23.5 Å².